The Morgan fingerprint density at radius 3 is 2.54 bits per heavy atom. The second-order valence-electron chi connectivity index (χ2n) is 6.85. The molecule has 1 fully saturated rings. The summed E-state index contributed by atoms with van der Waals surface area (Å²) in [7, 11) is 1.62. The van der Waals surface area contributed by atoms with Gasteiger partial charge >= 0.3 is 0 Å². The lowest BCUT2D eigenvalue weighted by Gasteiger charge is -2.25. The van der Waals surface area contributed by atoms with Gasteiger partial charge in [-0.3, -0.25) is 4.79 Å². The summed E-state index contributed by atoms with van der Waals surface area (Å²) in [6.45, 7) is 7.70. The van der Waals surface area contributed by atoms with Crippen molar-refractivity contribution in [1.82, 2.24) is 4.90 Å². The van der Waals surface area contributed by atoms with Crippen LogP contribution in [0.3, 0.4) is 0 Å². The van der Waals surface area contributed by atoms with Crippen LogP contribution in [0.15, 0.2) is 18.2 Å². The Bertz CT molecular complexity index is 586. The molecule has 8 heteroatoms. The fourth-order valence-electron chi connectivity index (χ4n) is 3.40. The lowest BCUT2D eigenvalue weighted by Crippen LogP contribution is -2.34. The summed E-state index contributed by atoms with van der Waals surface area (Å²) in [6, 6.07) is 5.64. The minimum absolute atomic E-state index is 0. The second kappa shape index (κ2) is 13.9. The summed E-state index contributed by atoms with van der Waals surface area (Å²) in [5, 5.41) is 3.00. The van der Waals surface area contributed by atoms with Gasteiger partial charge in [0.05, 0.1) is 7.11 Å². The average molecular weight is 436 g/mol. The van der Waals surface area contributed by atoms with Crippen molar-refractivity contribution < 1.29 is 14.3 Å². The molecule has 0 heterocycles. The molecular weight excluding hydrogens is 401 g/mol. The zero-order valence-electron chi connectivity index (χ0n) is 17.1. The molecule has 1 aromatic carbocycles. The zero-order chi connectivity index (χ0) is 18.9. The molecule has 1 aliphatic rings. The summed E-state index contributed by atoms with van der Waals surface area (Å²) in [4.78, 5) is 14.8. The lowest BCUT2D eigenvalue weighted by molar-refractivity contribution is -0.120. The minimum Gasteiger partial charge on any atom is -0.493 e. The first-order valence-electron chi connectivity index (χ1n) is 9.67. The van der Waals surface area contributed by atoms with E-state index in [1.165, 1.54) is 0 Å². The van der Waals surface area contributed by atoms with Crippen molar-refractivity contribution >= 4 is 36.4 Å². The molecule has 1 saturated carbocycles. The van der Waals surface area contributed by atoms with E-state index in [1.54, 1.807) is 7.11 Å². The van der Waals surface area contributed by atoms with Gasteiger partial charge in [0.1, 0.15) is 6.61 Å². The molecule has 2 rings (SSSR count). The molecule has 1 aromatic rings. The van der Waals surface area contributed by atoms with Gasteiger partial charge < -0.3 is 25.4 Å². The molecule has 0 aromatic heterocycles. The van der Waals surface area contributed by atoms with Crippen molar-refractivity contribution in [1.29, 1.82) is 0 Å². The van der Waals surface area contributed by atoms with Crippen LogP contribution in [0.2, 0.25) is 0 Å². The molecule has 2 unspecified atom stereocenters. The van der Waals surface area contributed by atoms with Crippen LogP contribution in [0.4, 0.5) is 5.69 Å². The van der Waals surface area contributed by atoms with E-state index in [1.807, 2.05) is 18.2 Å². The molecule has 0 radical (unpaired) electrons. The first-order valence-corrected chi connectivity index (χ1v) is 9.67. The number of nitrogens with two attached hydrogens (primary N) is 1. The summed E-state index contributed by atoms with van der Waals surface area (Å²) >= 11 is 0. The van der Waals surface area contributed by atoms with Crippen molar-refractivity contribution in [3.05, 3.63) is 18.2 Å². The monoisotopic (exact) mass is 435 g/mol. The summed E-state index contributed by atoms with van der Waals surface area (Å²) in [5.41, 5.74) is 6.73. The van der Waals surface area contributed by atoms with Crippen molar-refractivity contribution in [3.63, 3.8) is 0 Å². The number of methoxy groups -OCH3 is 1. The number of rotatable bonds is 9. The van der Waals surface area contributed by atoms with E-state index in [9.17, 15) is 4.79 Å². The molecular formula is C20H35Cl2N3O3. The molecule has 3 N–H and O–H groups in total. The number of carbonyl (C=O) groups is 1. The highest BCUT2D eigenvalue weighted by atomic mass is 35.5. The Labute approximate surface area is 181 Å². The molecule has 2 atom stereocenters. The highest BCUT2D eigenvalue weighted by molar-refractivity contribution is 5.93. The van der Waals surface area contributed by atoms with Crippen molar-refractivity contribution in [3.8, 4) is 11.5 Å². The van der Waals surface area contributed by atoms with Gasteiger partial charge in [-0.2, -0.15) is 0 Å². The van der Waals surface area contributed by atoms with Crippen molar-refractivity contribution in [2.45, 2.75) is 45.6 Å². The Morgan fingerprint density at radius 2 is 1.93 bits per heavy atom. The van der Waals surface area contributed by atoms with E-state index in [0.29, 0.717) is 18.1 Å². The van der Waals surface area contributed by atoms with Gasteiger partial charge in [-0.1, -0.05) is 20.3 Å². The van der Waals surface area contributed by atoms with Crippen LogP contribution in [0.1, 0.15) is 39.5 Å². The topological polar surface area (TPSA) is 76.8 Å². The fourth-order valence-corrected chi connectivity index (χ4v) is 3.40. The first-order chi connectivity index (χ1) is 12.6. The lowest BCUT2D eigenvalue weighted by atomic mass is 9.85. The predicted molar refractivity (Wildman–Crippen MR) is 119 cm³/mol. The Morgan fingerprint density at radius 1 is 1.21 bits per heavy atom. The fraction of sp³-hybridized carbons (Fsp3) is 0.650. The van der Waals surface area contributed by atoms with Gasteiger partial charge in [-0.15, -0.1) is 24.8 Å². The van der Waals surface area contributed by atoms with Crippen LogP contribution in [-0.2, 0) is 4.79 Å². The van der Waals surface area contributed by atoms with Gasteiger partial charge in [0, 0.05) is 30.3 Å². The van der Waals surface area contributed by atoms with E-state index in [4.69, 9.17) is 15.2 Å². The van der Waals surface area contributed by atoms with E-state index >= 15 is 0 Å². The highest BCUT2D eigenvalue weighted by Gasteiger charge is 2.25. The molecule has 1 aliphatic carbocycles. The molecule has 6 nitrogen and oxygen atoms in total. The normalized spacial score (nSPS) is 18.6. The van der Waals surface area contributed by atoms with E-state index in [0.717, 1.165) is 51.0 Å². The number of likely N-dealkylation sites (N-methyl/N-ethyl adjacent to an activating group) is 1. The number of ether oxygens (including phenoxy) is 2. The quantitative estimate of drug-likeness (QED) is 0.617. The van der Waals surface area contributed by atoms with Crippen LogP contribution in [0.5, 0.6) is 11.5 Å². The van der Waals surface area contributed by atoms with Crippen molar-refractivity contribution in [2.24, 2.45) is 11.7 Å². The molecule has 0 bridgehead atoms. The summed E-state index contributed by atoms with van der Waals surface area (Å²) in [5.74, 6) is 1.35. The maximum atomic E-state index is 12.5. The number of benzene rings is 1. The maximum Gasteiger partial charge on any atom is 0.227 e. The van der Waals surface area contributed by atoms with E-state index in [-0.39, 0.29) is 42.7 Å². The number of carbonyl (C=O) groups excluding carboxylic acids is 1. The van der Waals surface area contributed by atoms with Gasteiger partial charge in [0.25, 0.3) is 0 Å². The summed E-state index contributed by atoms with van der Waals surface area (Å²) < 4.78 is 11.3. The second-order valence-corrected chi connectivity index (χ2v) is 6.85. The molecule has 162 valence electrons. The predicted octanol–water partition coefficient (Wildman–Crippen LogP) is 3.72. The number of nitrogens with one attached hydrogen (secondary N) is 1. The van der Waals surface area contributed by atoms with Crippen LogP contribution in [-0.4, -0.2) is 50.2 Å². The molecule has 28 heavy (non-hydrogen) atoms. The van der Waals surface area contributed by atoms with E-state index in [2.05, 4.69) is 24.1 Å². The third kappa shape index (κ3) is 8.03. The third-order valence-electron chi connectivity index (χ3n) is 5.08. The van der Waals surface area contributed by atoms with E-state index < -0.39 is 0 Å². The standard InChI is InChI=1S/C20H33N3O3.2ClH/c1-4-23(5-2)11-12-26-19-14-17(9-10-18(19)25-3)22-20(24)15-7-6-8-16(21)13-15;;/h9-10,14-16H,4-8,11-13,21H2,1-3H3,(H,22,24);2*1H. The highest BCUT2D eigenvalue weighted by Crippen LogP contribution is 2.31. The Kier molecular flexibility index (Phi) is 13.3. The SMILES string of the molecule is CCN(CC)CCOc1cc(NC(=O)C2CCCC(N)C2)ccc1OC.Cl.Cl. The summed E-state index contributed by atoms with van der Waals surface area (Å²) in [6.07, 6.45) is 3.69. The molecule has 0 spiro atoms. The van der Waals surface area contributed by atoms with Gasteiger partial charge in [0.15, 0.2) is 11.5 Å². The number of anilines is 1. The largest absolute Gasteiger partial charge is 0.493 e. The molecule has 0 saturated heterocycles. The molecule has 1 amide bonds. The van der Waals surface area contributed by atoms with Crippen LogP contribution < -0.4 is 20.5 Å². The van der Waals surface area contributed by atoms with Gasteiger partial charge in [-0.25, -0.2) is 0 Å². The number of hydrogen-bond acceptors (Lipinski definition) is 5. The number of halogens is 2. The zero-order valence-corrected chi connectivity index (χ0v) is 18.7. The minimum atomic E-state index is -0.00659. The third-order valence-corrected chi connectivity index (χ3v) is 5.08. The van der Waals surface area contributed by atoms with Crippen LogP contribution in [0.25, 0.3) is 0 Å². The smallest absolute Gasteiger partial charge is 0.227 e. The van der Waals surface area contributed by atoms with Crippen LogP contribution in [0, 0.1) is 5.92 Å². The Balaban J connectivity index is 0.00000364. The first kappa shape index (κ1) is 26.8. The van der Waals surface area contributed by atoms with Gasteiger partial charge in [0.2, 0.25) is 5.91 Å². The number of hydrogen-bond donors (Lipinski definition) is 2. The van der Waals surface area contributed by atoms with Gasteiger partial charge in [-0.05, 0) is 44.5 Å². The number of amides is 1. The average Bonchev–Trinajstić information content (AvgIpc) is 2.65. The van der Waals surface area contributed by atoms with Crippen molar-refractivity contribution in [2.75, 3.05) is 38.7 Å². The maximum absolute atomic E-state index is 12.5. The number of nitrogens with zero attached hydrogens (tertiary/aromatic N) is 1. The van der Waals surface area contributed by atoms with Crippen LogP contribution >= 0.6 is 24.8 Å². The Hall–Kier alpha value is -1.21. The molecule has 0 aliphatic heterocycles.